The molecule has 0 radical (unpaired) electrons. The number of hydrogen-bond acceptors (Lipinski definition) is 25. The number of allylic oxidation sites excluding steroid dienone is 21. The van der Waals surface area contributed by atoms with Gasteiger partial charge in [-0.15, -0.1) is 0 Å². The zero-order valence-electron chi connectivity index (χ0n) is 84.3. The molecule has 5 atom stereocenters. The van der Waals surface area contributed by atoms with Crippen molar-refractivity contribution in [2.24, 2.45) is 21.2 Å². The number of carbonyl (C=O) groups excluding carboxylic acids is 15. The van der Waals surface area contributed by atoms with Crippen molar-refractivity contribution < 1.29 is 100 Å². The van der Waals surface area contributed by atoms with Gasteiger partial charge in [-0.3, -0.25) is 86.9 Å². The fourth-order valence-electron chi connectivity index (χ4n) is 24.7. The van der Waals surface area contributed by atoms with Gasteiger partial charge in [0.05, 0.1) is 74.9 Å². The van der Waals surface area contributed by atoms with Gasteiger partial charge in [-0.1, -0.05) is 192 Å². The molecule has 16 aliphatic rings. The predicted molar refractivity (Wildman–Crippen MR) is 551 cm³/mol. The molecule has 5 heterocycles. The third-order valence-electron chi connectivity index (χ3n) is 31.2. The molecule has 150 heavy (non-hydrogen) atoms. The smallest absolute Gasteiger partial charge is 0.229 e. The van der Waals surface area contributed by atoms with E-state index >= 15 is 0 Å². The Balaban J connectivity index is 0.000000109. The number of nitriles is 1. The Hall–Kier alpha value is -17.0. The number of fused-ring (bicyclic) bond motifs is 4. The quantitative estimate of drug-likeness (QED) is 0.121. The van der Waals surface area contributed by atoms with Gasteiger partial charge in [0.15, 0.2) is 110 Å². The minimum Gasteiger partial charge on any atom is -0.493 e. The van der Waals surface area contributed by atoms with Gasteiger partial charge in [-0.25, -0.2) is 0 Å². The highest BCUT2D eigenvalue weighted by atomic mass is 16.5. The van der Waals surface area contributed by atoms with Crippen LogP contribution in [0.15, 0.2) is 335 Å². The molecule has 25 nitrogen and oxygen atoms in total. The fourth-order valence-corrected chi connectivity index (χ4v) is 24.7. The molecule has 2 aromatic heterocycles. The van der Waals surface area contributed by atoms with Gasteiger partial charge in [0, 0.05) is 205 Å². The van der Waals surface area contributed by atoms with E-state index in [2.05, 4.69) is 48.7 Å². The summed E-state index contributed by atoms with van der Waals surface area (Å²) in [6, 6.07) is 56.8. The van der Waals surface area contributed by atoms with Crippen molar-refractivity contribution >= 4 is 93.0 Å². The molecule has 0 fully saturated rings. The van der Waals surface area contributed by atoms with Gasteiger partial charge in [0.2, 0.25) is 11.6 Å². The number of benzene rings is 7. The highest BCUT2D eigenvalue weighted by Gasteiger charge is 2.55. The highest BCUT2D eigenvalue weighted by Crippen LogP contribution is 2.59. The topological polar surface area (TPSA) is 373 Å². The molecular weight excluding hydrogens is 1890 g/mol. The molecule has 5 unspecified atom stereocenters. The monoisotopic (exact) mass is 1990 g/mol. The van der Waals surface area contributed by atoms with Crippen LogP contribution in [0.5, 0.6) is 23.0 Å². The first-order valence-corrected chi connectivity index (χ1v) is 50.3. The summed E-state index contributed by atoms with van der Waals surface area (Å²) in [4.78, 5) is 212. The van der Waals surface area contributed by atoms with Crippen LogP contribution in [0.1, 0.15) is 284 Å². The van der Waals surface area contributed by atoms with Crippen LogP contribution in [0.4, 0.5) is 0 Å². The molecular formula is C125H102N4O21. The number of Topliss-reactive ketones (excluding diaryl/α,β-unsaturated/α-hetero) is 15. The molecule has 0 saturated heterocycles. The maximum Gasteiger partial charge on any atom is 0.229 e. The van der Waals surface area contributed by atoms with E-state index in [9.17, 15) is 71.9 Å². The summed E-state index contributed by atoms with van der Waals surface area (Å²) in [5.74, 6) is -1.91. The summed E-state index contributed by atoms with van der Waals surface area (Å²) < 4.78 is 33.6. The number of pyridine rings is 2. The Morgan fingerprint density at radius 2 is 0.720 bits per heavy atom. The number of carbonyl (C=O) groups is 15. The Kier molecular flexibility index (Phi) is 25.5. The SMILES string of the molecule is CC1(C)CC(=O)C2=C(C1)OC1=C(C(=O)c3ccccc3C1=O)C2c1ccccn1.CC1(C)CC(=O)C2=C(CC3=C(C(=O)C4=C(CN=C4)C3=O)C2c2ccc(C#N)cc2)C1.CC1(C)CC(=O)C2=C(CC3=C(C(=O)c4ccncc4C3=O)C2c2ccccc2)C1.COc1ccc(C2C3=C(CCCC3=O)CC3=C2C(=O)c2ccccc2C3=O)cc1OC.COc1ccc(C2C3=C(CCCC3=O)OC3=C2C(=O)c2ccccc2C3=O)cc1OC. The van der Waals surface area contributed by atoms with E-state index in [1.807, 2.05) is 62.4 Å². The van der Waals surface area contributed by atoms with Gasteiger partial charge in [0.25, 0.3) is 0 Å². The average Bonchev–Trinajstić information content (AvgIpc) is 1.76. The van der Waals surface area contributed by atoms with Crippen molar-refractivity contribution in [3.63, 3.8) is 0 Å². The number of ketones is 15. The minimum absolute atomic E-state index is 0.0249. The number of aromatic nitrogens is 2. The summed E-state index contributed by atoms with van der Waals surface area (Å²) in [7, 11) is 6.18. The second-order valence-electron chi connectivity index (χ2n) is 42.5. The molecule has 13 aliphatic carbocycles. The number of aliphatic imine (C=N–C) groups is 1. The summed E-state index contributed by atoms with van der Waals surface area (Å²) in [5.41, 5.74) is 16.6. The Bertz CT molecular complexity index is 7770. The maximum atomic E-state index is 13.6. The van der Waals surface area contributed by atoms with Crippen LogP contribution in [-0.4, -0.2) is 138 Å². The molecule has 0 bridgehead atoms. The fraction of sp³-hybridized carbons (Fsp3) is 0.272. The third kappa shape index (κ3) is 17.0. The molecule has 25 heteroatoms. The van der Waals surface area contributed by atoms with Crippen molar-refractivity contribution in [2.75, 3.05) is 35.0 Å². The van der Waals surface area contributed by atoms with E-state index in [1.54, 1.807) is 160 Å². The first-order valence-electron chi connectivity index (χ1n) is 50.3. The number of ether oxygens (including phenoxy) is 6. The standard InChI is InChI=1S/C26H22O5.C25H20N2O3.C25H21NO3.C25H20O6.C24H19NO4/c1-30-20-11-10-15(13-21(20)31-2)23-22-14(6-5-9-19(22)27)12-18-24(23)26(29)17-8-4-3-7-16(17)25(18)28;1-25(2)8-15-7-16-22(24(30)18-12-27-11-17(18)23(16)29)21(20(15)19(28)9-25)14-5-3-13(10-26)4-6-14;1-25(2)11-15-10-17-22(24(29)16-8-9-26-13-18(16)23(17)28)21(20(15)19(27)12-25)14-6-4-3-5-7-14;1-29-17-11-10-13(12-19(17)30-2)20-21-16(26)8-5-9-18(21)31-25-22(20)23(27)14-6-3-4-7-15(14)24(25)28;1-24(2)11-16(26)19-17(12-24)29-23-20(18(19)15-9-5-6-10-25-15)21(27)13-7-3-4-8-14(13)22(23)28/h3-4,7-8,10-11,13,23H,5-6,9,12H2,1-2H3;3-6,12,21H,7-9,11H2,1-2H3;3-9,13,21H,10-12H2,1-2H3;3-4,6-7,10-12,20H,5,8-9H2,1-2H3;3-10,18H,11-12H2,1-2H3. The van der Waals surface area contributed by atoms with Gasteiger partial charge in [0.1, 0.15) is 11.5 Å². The van der Waals surface area contributed by atoms with Crippen LogP contribution in [-0.2, 0) is 43.0 Å². The lowest BCUT2D eigenvalue weighted by Crippen LogP contribution is -2.37. The average molecular weight is 2000 g/mol. The third-order valence-corrected chi connectivity index (χ3v) is 31.2. The summed E-state index contributed by atoms with van der Waals surface area (Å²) >= 11 is 0. The Morgan fingerprint density at radius 3 is 1.24 bits per heavy atom. The second kappa shape index (κ2) is 38.7. The first kappa shape index (κ1) is 99.0. The van der Waals surface area contributed by atoms with Gasteiger partial charge < -0.3 is 28.4 Å². The van der Waals surface area contributed by atoms with Crippen molar-refractivity contribution in [1.82, 2.24) is 9.97 Å². The molecule has 7 aromatic carbocycles. The van der Waals surface area contributed by atoms with Crippen LogP contribution >= 0.6 is 0 Å². The number of hydrogen-bond donors (Lipinski definition) is 0. The van der Waals surface area contributed by atoms with Gasteiger partial charge >= 0.3 is 0 Å². The molecule has 9 aromatic rings. The Morgan fingerprint density at radius 1 is 0.320 bits per heavy atom. The van der Waals surface area contributed by atoms with Crippen LogP contribution in [0.3, 0.4) is 0 Å². The van der Waals surface area contributed by atoms with E-state index in [4.69, 9.17) is 33.7 Å². The van der Waals surface area contributed by atoms with E-state index in [1.165, 1.54) is 32.8 Å². The molecule has 3 aliphatic heterocycles. The molecule has 0 N–H and O–H groups in total. The predicted octanol–water partition coefficient (Wildman–Crippen LogP) is 21.1. The van der Waals surface area contributed by atoms with E-state index in [-0.39, 0.29) is 132 Å². The van der Waals surface area contributed by atoms with Crippen molar-refractivity contribution in [1.29, 1.82) is 5.26 Å². The van der Waals surface area contributed by atoms with Crippen LogP contribution in [0, 0.1) is 27.6 Å². The van der Waals surface area contributed by atoms with Crippen molar-refractivity contribution in [3.05, 3.63) is 408 Å². The summed E-state index contributed by atoms with van der Waals surface area (Å²) in [5, 5.41) is 9.15. The van der Waals surface area contributed by atoms with Crippen molar-refractivity contribution in [2.45, 2.75) is 167 Å². The molecule has 25 rings (SSSR count). The van der Waals surface area contributed by atoms with Crippen LogP contribution < -0.4 is 18.9 Å². The normalized spacial score (nSPS) is 22.1. The summed E-state index contributed by atoms with van der Waals surface area (Å²) in [6.07, 6.45) is 14.1. The van der Waals surface area contributed by atoms with E-state index in [0.717, 1.165) is 64.7 Å². The highest BCUT2D eigenvalue weighted by molar-refractivity contribution is 6.36. The molecule has 0 saturated carbocycles. The second-order valence-corrected chi connectivity index (χ2v) is 42.5. The maximum absolute atomic E-state index is 13.6. The lowest BCUT2D eigenvalue weighted by atomic mass is 9.61. The summed E-state index contributed by atoms with van der Waals surface area (Å²) in [6.45, 7) is 12.5. The number of methoxy groups -OCH3 is 4. The molecule has 0 amide bonds. The van der Waals surface area contributed by atoms with E-state index in [0.29, 0.717) is 233 Å². The molecule has 0 spiro atoms. The number of rotatable bonds is 9. The number of nitrogens with zero attached hydrogens (tertiary/aromatic N) is 4. The molecule has 748 valence electrons. The van der Waals surface area contributed by atoms with Gasteiger partial charge in [-0.05, 0) is 144 Å². The van der Waals surface area contributed by atoms with Crippen LogP contribution in [0.2, 0.25) is 0 Å². The lowest BCUT2D eigenvalue weighted by molar-refractivity contribution is -0.119. The lowest BCUT2D eigenvalue weighted by Gasteiger charge is -2.40. The first-order chi connectivity index (χ1) is 72.1. The Labute approximate surface area is 864 Å². The van der Waals surface area contributed by atoms with E-state index < -0.39 is 29.6 Å². The zero-order chi connectivity index (χ0) is 105. The minimum atomic E-state index is -0.698. The van der Waals surface area contributed by atoms with Gasteiger partial charge in [-0.2, -0.15) is 5.26 Å². The van der Waals surface area contributed by atoms with Crippen LogP contribution in [0.25, 0.3) is 0 Å². The zero-order valence-corrected chi connectivity index (χ0v) is 84.3. The van der Waals surface area contributed by atoms with Crippen molar-refractivity contribution in [3.8, 4) is 29.1 Å². The largest absolute Gasteiger partial charge is 0.493 e.